The molecule has 0 amide bonds. The second-order valence-electron chi connectivity index (χ2n) is 6.07. The van der Waals surface area contributed by atoms with E-state index in [-0.39, 0.29) is 5.82 Å². The highest BCUT2D eigenvalue weighted by molar-refractivity contribution is 7.98. The lowest BCUT2D eigenvalue weighted by Crippen LogP contribution is -2.11. The van der Waals surface area contributed by atoms with E-state index < -0.39 is 0 Å². The number of nitrogens with two attached hydrogens (primary N) is 1. The van der Waals surface area contributed by atoms with E-state index in [1.807, 2.05) is 41.8 Å². The first-order valence-corrected chi connectivity index (χ1v) is 9.72. The third-order valence-corrected chi connectivity index (χ3v) is 5.41. The summed E-state index contributed by atoms with van der Waals surface area (Å²) in [5, 5.41) is 8.93. The molecule has 0 aliphatic heterocycles. The molecule has 2 N–H and O–H groups in total. The van der Waals surface area contributed by atoms with Crippen LogP contribution in [0.1, 0.15) is 12.7 Å². The molecule has 0 saturated heterocycles. The zero-order valence-corrected chi connectivity index (χ0v) is 16.3. The van der Waals surface area contributed by atoms with Crippen LogP contribution < -0.4 is 10.6 Å². The van der Waals surface area contributed by atoms with Crippen LogP contribution in [0.5, 0.6) is 5.75 Å². The average molecular weight is 398 g/mol. The lowest BCUT2D eigenvalue weighted by molar-refractivity contribution is 0.415. The predicted octanol–water partition coefficient (Wildman–Crippen LogP) is 3.47. The summed E-state index contributed by atoms with van der Waals surface area (Å²) in [4.78, 5) is 4.47. The summed E-state index contributed by atoms with van der Waals surface area (Å²) in [6, 6.07) is 12.4. The molecule has 0 aliphatic carbocycles. The average Bonchev–Trinajstić information content (AvgIpc) is 3.27. The number of hydrogen-bond acceptors (Lipinski definition) is 6. The number of aryl methyl sites for hydroxylation is 1. The Labute approximate surface area is 165 Å². The van der Waals surface area contributed by atoms with Crippen LogP contribution in [0.4, 0.5) is 4.39 Å². The Morgan fingerprint density at radius 2 is 1.93 bits per heavy atom. The topological polar surface area (TPSA) is 83.8 Å². The zero-order valence-electron chi connectivity index (χ0n) is 15.5. The number of imidazole rings is 1. The van der Waals surface area contributed by atoms with Crippen LogP contribution in [-0.4, -0.2) is 31.5 Å². The molecule has 2 aromatic carbocycles. The lowest BCUT2D eigenvalue weighted by atomic mass is 10.2. The van der Waals surface area contributed by atoms with E-state index in [4.69, 9.17) is 10.6 Å². The summed E-state index contributed by atoms with van der Waals surface area (Å²) < 4.78 is 22.7. The number of aromatic nitrogens is 5. The fourth-order valence-corrected chi connectivity index (χ4v) is 3.87. The highest BCUT2D eigenvalue weighted by atomic mass is 32.2. The number of rotatable bonds is 6. The van der Waals surface area contributed by atoms with Gasteiger partial charge in [0.25, 0.3) is 0 Å². The van der Waals surface area contributed by atoms with Crippen molar-refractivity contribution in [1.82, 2.24) is 24.4 Å². The van der Waals surface area contributed by atoms with Gasteiger partial charge in [0, 0.05) is 12.1 Å². The van der Waals surface area contributed by atoms with Gasteiger partial charge < -0.3 is 15.1 Å². The highest BCUT2D eigenvalue weighted by Crippen LogP contribution is 2.27. The molecule has 0 atom stereocenters. The minimum absolute atomic E-state index is 0.320. The van der Waals surface area contributed by atoms with Gasteiger partial charge >= 0.3 is 0 Å². The first kappa shape index (κ1) is 18.3. The van der Waals surface area contributed by atoms with Gasteiger partial charge in [-0.25, -0.2) is 14.1 Å². The quantitative estimate of drug-likeness (QED) is 0.396. The van der Waals surface area contributed by atoms with Gasteiger partial charge in [-0.3, -0.25) is 0 Å². The van der Waals surface area contributed by atoms with Crippen LogP contribution in [0.3, 0.4) is 0 Å². The standard InChI is InChI=1S/C19H19FN6OS/c1-3-25-15-6-4-5-14(20)17(15)22-16(25)11-28-19-24-23-18(26(19)21)12-7-9-13(27-2)10-8-12/h4-10H,3,11,21H2,1-2H3. The summed E-state index contributed by atoms with van der Waals surface area (Å²) in [5.41, 5.74) is 2.00. The second kappa shape index (κ2) is 7.51. The van der Waals surface area contributed by atoms with E-state index in [0.29, 0.717) is 28.8 Å². The maximum Gasteiger partial charge on any atom is 0.210 e. The SMILES string of the molecule is CCn1c(CSc2nnc(-c3ccc(OC)cc3)n2N)nc2c(F)cccc21. The Morgan fingerprint density at radius 3 is 2.64 bits per heavy atom. The summed E-state index contributed by atoms with van der Waals surface area (Å²) in [6.45, 7) is 2.70. The maximum absolute atomic E-state index is 14.1. The summed E-state index contributed by atoms with van der Waals surface area (Å²) in [5.74, 6) is 8.45. The number of para-hydroxylation sites is 1. The molecule has 0 aliphatic rings. The first-order valence-electron chi connectivity index (χ1n) is 8.73. The minimum Gasteiger partial charge on any atom is -0.497 e. The molecule has 0 bridgehead atoms. The Balaban J connectivity index is 1.58. The summed E-state index contributed by atoms with van der Waals surface area (Å²) in [7, 11) is 1.62. The molecule has 0 spiro atoms. The predicted molar refractivity (Wildman–Crippen MR) is 107 cm³/mol. The number of hydrogen-bond donors (Lipinski definition) is 1. The van der Waals surface area contributed by atoms with Crippen LogP contribution in [0.25, 0.3) is 22.4 Å². The number of methoxy groups -OCH3 is 1. The van der Waals surface area contributed by atoms with Crippen molar-refractivity contribution in [2.45, 2.75) is 24.4 Å². The van der Waals surface area contributed by atoms with Gasteiger partial charge in [0.2, 0.25) is 5.16 Å². The molecule has 4 rings (SSSR count). The van der Waals surface area contributed by atoms with Gasteiger partial charge in [0.1, 0.15) is 17.1 Å². The van der Waals surface area contributed by atoms with Crippen LogP contribution in [0, 0.1) is 5.82 Å². The van der Waals surface area contributed by atoms with Crippen LogP contribution in [0.15, 0.2) is 47.6 Å². The number of nitrogen functional groups attached to an aromatic ring is 1. The van der Waals surface area contributed by atoms with E-state index >= 15 is 0 Å². The van der Waals surface area contributed by atoms with Gasteiger partial charge in [-0.1, -0.05) is 17.8 Å². The highest BCUT2D eigenvalue weighted by Gasteiger charge is 2.16. The number of nitrogens with zero attached hydrogens (tertiary/aromatic N) is 5. The molecule has 0 radical (unpaired) electrons. The summed E-state index contributed by atoms with van der Waals surface area (Å²) >= 11 is 1.41. The van der Waals surface area contributed by atoms with Crippen molar-refractivity contribution in [3.05, 3.63) is 54.1 Å². The van der Waals surface area contributed by atoms with Crippen LogP contribution in [-0.2, 0) is 12.3 Å². The van der Waals surface area contributed by atoms with Crippen molar-refractivity contribution in [3.8, 4) is 17.1 Å². The normalized spacial score (nSPS) is 11.2. The Morgan fingerprint density at radius 1 is 1.14 bits per heavy atom. The molecule has 28 heavy (non-hydrogen) atoms. The first-order chi connectivity index (χ1) is 13.6. The molecule has 2 aromatic heterocycles. The largest absolute Gasteiger partial charge is 0.497 e. The van der Waals surface area contributed by atoms with Crippen molar-refractivity contribution >= 4 is 22.8 Å². The summed E-state index contributed by atoms with van der Waals surface area (Å²) in [6.07, 6.45) is 0. The van der Waals surface area contributed by atoms with Crippen LogP contribution in [0.2, 0.25) is 0 Å². The van der Waals surface area contributed by atoms with E-state index in [0.717, 1.165) is 22.7 Å². The molecule has 7 nitrogen and oxygen atoms in total. The van der Waals surface area contributed by atoms with Crippen LogP contribution >= 0.6 is 11.8 Å². The molecule has 0 fully saturated rings. The number of fused-ring (bicyclic) bond motifs is 1. The smallest absolute Gasteiger partial charge is 0.210 e. The number of ether oxygens (including phenoxy) is 1. The third kappa shape index (κ3) is 3.18. The fourth-order valence-electron chi connectivity index (χ4n) is 3.07. The Kier molecular flexibility index (Phi) is 4.91. The minimum atomic E-state index is -0.320. The van der Waals surface area contributed by atoms with Gasteiger partial charge in [-0.05, 0) is 43.3 Å². The van der Waals surface area contributed by atoms with Gasteiger partial charge in [0.15, 0.2) is 11.6 Å². The van der Waals surface area contributed by atoms with E-state index in [9.17, 15) is 4.39 Å². The van der Waals surface area contributed by atoms with Crippen molar-refractivity contribution in [2.24, 2.45) is 0 Å². The Hall–Kier alpha value is -3.07. The molecule has 9 heteroatoms. The van der Waals surface area contributed by atoms with E-state index in [2.05, 4.69) is 15.2 Å². The fraction of sp³-hybridized carbons (Fsp3) is 0.211. The van der Waals surface area contributed by atoms with Gasteiger partial charge in [0.05, 0.1) is 18.4 Å². The van der Waals surface area contributed by atoms with Gasteiger partial charge in [-0.15, -0.1) is 10.2 Å². The van der Waals surface area contributed by atoms with E-state index in [1.165, 1.54) is 22.5 Å². The second-order valence-corrected chi connectivity index (χ2v) is 7.02. The molecule has 0 unspecified atom stereocenters. The molecule has 0 saturated carbocycles. The molecule has 4 aromatic rings. The molecule has 144 valence electrons. The van der Waals surface area contributed by atoms with E-state index in [1.54, 1.807) is 13.2 Å². The number of halogens is 1. The zero-order chi connectivity index (χ0) is 19.7. The van der Waals surface area contributed by atoms with Crippen molar-refractivity contribution < 1.29 is 9.13 Å². The molecular formula is C19H19FN6OS. The van der Waals surface area contributed by atoms with Gasteiger partial charge in [-0.2, -0.15) is 0 Å². The number of benzene rings is 2. The van der Waals surface area contributed by atoms with Crippen molar-refractivity contribution in [3.63, 3.8) is 0 Å². The lowest BCUT2D eigenvalue weighted by Gasteiger charge is -2.06. The monoisotopic (exact) mass is 398 g/mol. The van der Waals surface area contributed by atoms with Crippen molar-refractivity contribution in [2.75, 3.05) is 13.0 Å². The molecule has 2 heterocycles. The number of thioether (sulfide) groups is 1. The third-order valence-electron chi connectivity index (χ3n) is 4.47. The Bertz CT molecular complexity index is 1120. The van der Waals surface area contributed by atoms with Crippen molar-refractivity contribution in [1.29, 1.82) is 0 Å². The maximum atomic E-state index is 14.1. The molecular weight excluding hydrogens is 379 g/mol.